The Hall–Kier alpha value is -0.940. The highest BCUT2D eigenvalue weighted by Gasteiger charge is 2.16. The Kier molecular flexibility index (Phi) is 4.35. The van der Waals surface area contributed by atoms with Crippen molar-refractivity contribution in [1.29, 1.82) is 0 Å². The summed E-state index contributed by atoms with van der Waals surface area (Å²) in [5.74, 6) is 1.09. The molecule has 1 N–H and O–H groups in total. The van der Waals surface area contributed by atoms with Gasteiger partial charge in [0.1, 0.15) is 12.2 Å². The van der Waals surface area contributed by atoms with E-state index in [-0.39, 0.29) is 0 Å². The molecule has 0 saturated carbocycles. The zero-order valence-corrected chi connectivity index (χ0v) is 11.8. The number of aromatic nitrogens is 3. The van der Waals surface area contributed by atoms with Crippen LogP contribution in [0.25, 0.3) is 0 Å². The lowest BCUT2D eigenvalue weighted by Gasteiger charge is -2.27. The number of hydrogen-bond acceptors (Lipinski definition) is 4. The molecule has 0 bridgehead atoms. The monoisotopic (exact) mass is 251 g/mol. The minimum Gasteiger partial charge on any atom is -0.315 e. The van der Waals surface area contributed by atoms with Gasteiger partial charge in [0, 0.05) is 26.2 Å². The van der Waals surface area contributed by atoms with Crippen molar-refractivity contribution in [1.82, 2.24) is 25.0 Å². The topological polar surface area (TPSA) is 46.0 Å². The van der Waals surface area contributed by atoms with Gasteiger partial charge in [-0.3, -0.25) is 4.90 Å². The van der Waals surface area contributed by atoms with E-state index in [0.717, 1.165) is 45.1 Å². The lowest BCUT2D eigenvalue weighted by molar-refractivity contribution is 0.216. The molecular weight excluding hydrogens is 226 g/mol. The molecule has 1 aromatic heterocycles. The molecule has 102 valence electrons. The Morgan fingerprint density at radius 1 is 1.28 bits per heavy atom. The van der Waals surface area contributed by atoms with Crippen molar-refractivity contribution in [3.63, 3.8) is 0 Å². The van der Waals surface area contributed by atoms with Crippen LogP contribution in [0.3, 0.4) is 0 Å². The first-order valence-electron chi connectivity index (χ1n) is 6.84. The molecule has 0 aliphatic carbocycles. The van der Waals surface area contributed by atoms with E-state index in [1.165, 1.54) is 6.42 Å². The molecule has 0 saturated heterocycles. The highest BCUT2D eigenvalue weighted by atomic mass is 15.3. The van der Waals surface area contributed by atoms with Crippen LogP contribution in [0.5, 0.6) is 0 Å². The van der Waals surface area contributed by atoms with Crippen LogP contribution >= 0.6 is 0 Å². The van der Waals surface area contributed by atoms with Gasteiger partial charge in [-0.1, -0.05) is 20.8 Å². The third kappa shape index (κ3) is 4.07. The smallest absolute Gasteiger partial charge is 0.147 e. The fraction of sp³-hybridized carbons (Fsp3) is 0.846. The van der Waals surface area contributed by atoms with Gasteiger partial charge < -0.3 is 9.88 Å². The molecule has 0 unspecified atom stereocenters. The highest BCUT2D eigenvalue weighted by molar-refractivity contribution is 4.89. The van der Waals surface area contributed by atoms with E-state index in [1.54, 1.807) is 0 Å². The first-order valence-corrected chi connectivity index (χ1v) is 6.84. The average molecular weight is 251 g/mol. The van der Waals surface area contributed by atoms with Gasteiger partial charge in [-0.05, 0) is 18.4 Å². The van der Waals surface area contributed by atoms with E-state index >= 15 is 0 Å². The van der Waals surface area contributed by atoms with Crippen LogP contribution in [0.1, 0.15) is 33.0 Å². The minimum atomic E-state index is 0.425. The van der Waals surface area contributed by atoms with Crippen molar-refractivity contribution in [3.8, 4) is 0 Å². The van der Waals surface area contributed by atoms with Crippen molar-refractivity contribution < 1.29 is 0 Å². The first-order chi connectivity index (χ1) is 8.54. The van der Waals surface area contributed by atoms with Crippen LogP contribution in [0.4, 0.5) is 0 Å². The molecule has 2 rings (SSSR count). The number of rotatable bonds is 5. The minimum absolute atomic E-state index is 0.425. The molecule has 5 heteroatoms. The van der Waals surface area contributed by atoms with Gasteiger partial charge in [-0.2, -0.15) is 0 Å². The van der Waals surface area contributed by atoms with Crippen molar-refractivity contribution in [2.45, 2.75) is 40.3 Å². The molecule has 18 heavy (non-hydrogen) atoms. The Labute approximate surface area is 110 Å². The van der Waals surface area contributed by atoms with Crippen molar-refractivity contribution >= 4 is 0 Å². The molecule has 0 amide bonds. The molecule has 1 aromatic rings. The SMILES string of the molecule is CC(C)(C)CCNCCN1CCn2cnnc2C1. The molecule has 1 aliphatic heterocycles. The molecule has 5 nitrogen and oxygen atoms in total. The zero-order chi connectivity index (χ0) is 13.0. The maximum absolute atomic E-state index is 4.13. The molecule has 0 radical (unpaired) electrons. The summed E-state index contributed by atoms with van der Waals surface area (Å²) in [7, 11) is 0. The summed E-state index contributed by atoms with van der Waals surface area (Å²) in [6.45, 7) is 13.2. The maximum atomic E-state index is 4.13. The van der Waals surface area contributed by atoms with Crippen LogP contribution in [-0.2, 0) is 13.1 Å². The average Bonchev–Trinajstić information content (AvgIpc) is 2.74. The number of hydrogen-bond donors (Lipinski definition) is 1. The predicted octanol–water partition coefficient (Wildman–Crippen LogP) is 1.12. The number of nitrogens with one attached hydrogen (secondary N) is 1. The largest absolute Gasteiger partial charge is 0.315 e. The first kappa shape index (κ1) is 13.5. The second-order valence-electron chi connectivity index (χ2n) is 6.28. The van der Waals surface area contributed by atoms with Crippen LogP contribution in [-0.4, -0.2) is 45.8 Å². The van der Waals surface area contributed by atoms with Gasteiger partial charge in [-0.15, -0.1) is 10.2 Å². The lowest BCUT2D eigenvalue weighted by Crippen LogP contribution is -2.38. The van der Waals surface area contributed by atoms with Crippen molar-refractivity contribution in [3.05, 3.63) is 12.2 Å². The summed E-state index contributed by atoms with van der Waals surface area (Å²) in [5.41, 5.74) is 0.425. The molecule has 0 aromatic carbocycles. The molecule has 0 fully saturated rings. The van der Waals surface area contributed by atoms with E-state index in [9.17, 15) is 0 Å². The van der Waals surface area contributed by atoms with Crippen LogP contribution in [0, 0.1) is 5.41 Å². The predicted molar refractivity (Wildman–Crippen MR) is 72.2 cm³/mol. The molecule has 1 aliphatic rings. The van der Waals surface area contributed by atoms with E-state index < -0.39 is 0 Å². The van der Waals surface area contributed by atoms with Crippen LogP contribution in [0.2, 0.25) is 0 Å². The van der Waals surface area contributed by atoms with Gasteiger partial charge in [0.05, 0.1) is 6.54 Å². The second-order valence-corrected chi connectivity index (χ2v) is 6.28. The summed E-state index contributed by atoms with van der Waals surface area (Å²) >= 11 is 0. The molecule has 0 atom stereocenters. The second kappa shape index (κ2) is 5.80. The van der Waals surface area contributed by atoms with Gasteiger partial charge in [0.15, 0.2) is 0 Å². The Bertz CT molecular complexity index is 366. The zero-order valence-electron chi connectivity index (χ0n) is 11.8. The Morgan fingerprint density at radius 3 is 2.89 bits per heavy atom. The lowest BCUT2D eigenvalue weighted by atomic mass is 9.92. The summed E-state index contributed by atoms with van der Waals surface area (Å²) in [4.78, 5) is 2.44. The third-order valence-electron chi connectivity index (χ3n) is 3.37. The molecular formula is C13H25N5. The van der Waals surface area contributed by atoms with Crippen molar-refractivity contribution in [2.24, 2.45) is 5.41 Å². The fourth-order valence-corrected chi connectivity index (χ4v) is 2.13. The standard InChI is InChI=1S/C13H25N5/c1-13(2,3)4-5-14-6-7-17-8-9-18-11-15-16-12(18)10-17/h11,14H,4-10H2,1-3H3. The molecule has 0 spiro atoms. The van der Waals surface area contributed by atoms with E-state index in [0.29, 0.717) is 5.41 Å². The van der Waals surface area contributed by atoms with Gasteiger partial charge in [-0.25, -0.2) is 0 Å². The van der Waals surface area contributed by atoms with Gasteiger partial charge in [0.25, 0.3) is 0 Å². The summed E-state index contributed by atoms with van der Waals surface area (Å²) in [6, 6.07) is 0. The Balaban J connectivity index is 1.61. The summed E-state index contributed by atoms with van der Waals surface area (Å²) in [6.07, 6.45) is 3.05. The fourth-order valence-electron chi connectivity index (χ4n) is 2.13. The van der Waals surface area contributed by atoms with Crippen LogP contribution in [0.15, 0.2) is 6.33 Å². The van der Waals surface area contributed by atoms with E-state index in [4.69, 9.17) is 0 Å². The normalized spacial score (nSPS) is 16.8. The number of fused-ring (bicyclic) bond motifs is 1. The number of nitrogens with zero attached hydrogens (tertiary/aromatic N) is 4. The third-order valence-corrected chi connectivity index (χ3v) is 3.37. The molecule has 2 heterocycles. The Morgan fingerprint density at radius 2 is 2.11 bits per heavy atom. The van der Waals surface area contributed by atoms with Crippen molar-refractivity contribution in [2.75, 3.05) is 26.2 Å². The maximum Gasteiger partial charge on any atom is 0.147 e. The van der Waals surface area contributed by atoms with Gasteiger partial charge >= 0.3 is 0 Å². The van der Waals surface area contributed by atoms with E-state index in [2.05, 4.69) is 45.8 Å². The summed E-state index contributed by atoms with van der Waals surface area (Å²) < 4.78 is 2.14. The van der Waals surface area contributed by atoms with Gasteiger partial charge in [0.2, 0.25) is 0 Å². The summed E-state index contributed by atoms with van der Waals surface area (Å²) in [5, 5.41) is 11.6. The quantitative estimate of drug-likeness (QED) is 0.797. The van der Waals surface area contributed by atoms with Crippen LogP contribution < -0.4 is 5.32 Å². The van der Waals surface area contributed by atoms with E-state index in [1.807, 2.05) is 6.33 Å². The highest BCUT2D eigenvalue weighted by Crippen LogP contribution is 2.16.